The van der Waals surface area contributed by atoms with E-state index in [2.05, 4.69) is 40.5 Å². The number of Topliss-reactive ketones (excluding diaryl/α,β-unsaturated/α-hetero) is 1. The van der Waals surface area contributed by atoms with E-state index in [1.54, 1.807) is 27.8 Å². The number of likely N-dealkylation sites (N-methyl/N-ethyl adjacent to an activating group) is 1. The standard InChI is InChI=1S/C30H35N13O8/c1-5-32-25(47)20-18(45)19(46)27(51-20)43-13-36-16-21(31)37-28(39-23(16)43)33-8-9-50-29-34-11-14(12-35-29)10-15(44)22-38-24-17(40(22)4)26(48)42(7-3)30(49)41(24)6-2/h11-13,19,27,45-46H,5-10H2,1-4H3,(H,32,47)(H3,31,33,37,39)/t19-,27-/m1/s1. The number of nitrogens with one attached hydrogen (secondary N) is 2. The minimum atomic E-state index is -1.57. The first-order chi connectivity index (χ1) is 24.5. The number of rotatable bonds is 13. The van der Waals surface area contributed by atoms with Crippen molar-refractivity contribution in [3.8, 4) is 6.01 Å². The number of nitrogens with two attached hydrogens (primary N) is 1. The summed E-state index contributed by atoms with van der Waals surface area (Å²) in [6, 6.07) is 0.0411. The number of carbonyl (C=O) groups excluding carboxylic acids is 2. The number of ether oxygens (including phenoxy) is 2. The third-order valence-corrected chi connectivity index (χ3v) is 8.07. The number of ketones is 1. The van der Waals surface area contributed by atoms with Gasteiger partial charge in [0.1, 0.15) is 18.5 Å². The van der Waals surface area contributed by atoms with Crippen molar-refractivity contribution < 1.29 is 29.3 Å². The van der Waals surface area contributed by atoms with Crippen LogP contribution < -0.4 is 32.4 Å². The van der Waals surface area contributed by atoms with Crippen molar-refractivity contribution in [1.29, 1.82) is 0 Å². The Morgan fingerprint density at radius 3 is 2.45 bits per heavy atom. The molecule has 0 saturated carbocycles. The first kappa shape index (κ1) is 34.5. The molecule has 21 nitrogen and oxygen atoms in total. The van der Waals surface area contributed by atoms with Crippen LogP contribution in [0.4, 0.5) is 11.8 Å². The van der Waals surface area contributed by atoms with Gasteiger partial charge in [0.2, 0.25) is 23.7 Å². The van der Waals surface area contributed by atoms with Gasteiger partial charge in [0, 0.05) is 45.5 Å². The van der Waals surface area contributed by atoms with E-state index in [9.17, 15) is 29.4 Å². The molecule has 0 aliphatic carbocycles. The number of anilines is 2. The van der Waals surface area contributed by atoms with Gasteiger partial charge < -0.3 is 40.6 Å². The summed E-state index contributed by atoms with van der Waals surface area (Å²) in [4.78, 5) is 76.6. The average Bonchev–Trinajstić information content (AvgIpc) is 3.78. The second-order valence-electron chi connectivity index (χ2n) is 11.3. The molecule has 0 unspecified atom stereocenters. The van der Waals surface area contributed by atoms with Gasteiger partial charge >= 0.3 is 11.7 Å². The molecule has 268 valence electrons. The molecule has 1 aliphatic heterocycles. The highest BCUT2D eigenvalue weighted by Crippen LogP contribution is 2.34. The Bertz CT molecular complexity index is 2310. The number of nitrogens with zero attached hydrogens (tertiary/aromatic N) is 10. The van der Waals surface area contributed by atoms with Gasteiger partial charge in [0.15, 0.2) is 40.3 Å². The van der Waals surface area contributed by atoms with Crippen LogP contribution in [0.2, 0.25) is 0 Å². The van der Waals surface area contributed by atoms with Crippen LogP contribution in [0.15, 0.2) is 39.8 Å². The Morgan fingerprint density at radius 1 is 1.04 bits per heavy atom. The summed E-state index contributed by atoms with van der Waals surface area (Å²) < 4.78 is 16.4. The van der Waals surface area contributed by atoms with Crippen LogP contribution >= 0.6 is 0 Å². The normalized spacial score (nSPS) is 15.8. The monoisotopic (exact) mass is 705 g/mol. The zero-order chi connectivity index (χ0) is 36.6. The second-order valence-corrected chi connectivity index (χ2v) is 11.3. The fourth-order valence-corrected chi connectivity index (χ4v) is 5.59. The minimum Gasteiger partial charge on any atom is -0.506 e. The number of aliphatic hydroxyl groups is 2. The Kier molecular flexibility index (Phi) is 9.37. The van der Waals surface area contributed by atoms with Crippen LogP contribution in [0.1, 0.15) is 43.2 Å². The molecule has 51 heavy (non-hydrogen) atoms. The van der Waals surface area contributed by atoms with E-state index in [1.165, 1.54) is 32.4 Å². The molecule has 1 amide bonds. The summed E-state index contributed by atoms with van der Waals surface area (Å²) in [7, 11) is 1.56. The van der Waals surface area contributed by atoms with Crippen LogP contribution in [0.3, 0.4) is 0 Å². The quantitative estimate of drug-likeness (QED) is 0.0738. The van der Waals surface area contributed by atoms with Gasteiger partial charge in [-0.3, -0.25) is 28.1 Å². The molecule has 1 aliphatic rings. The zero-order valence-corrected chi connectivity index (χ0v) is 28.0. The number of fused-ring (bicyclic) bond motifs is 2. The summed E-state index contributed by atoms with van der Waals surface area (Å²) in [5.41, 5.74) is 6.27. The minimum absolute atomic E-state index is 0.0268. The Labute approximate surface area is 287 Å². The summed E-state index contributed by atoms with van der Waals surface area (Å²) in [6.07, 6.45) is 1.25. The lowest BCUT2D eigenvalue weighted by molar-refractivity contribution is -0.122. The highest BCUT2D eigenvalue weighted by atomic mass is 16.5. The molecule has 6 N–H and O–H groups in total. The van der Waals surface area contributed by atoms with Crippen LogP contribution in [0.5, 0.6) is 6.01 Å². The number of imidazole rings is 2. The molecule has 0 saturated heterocycles. The number of hydrogen-bond donors (Lipinski definition) is 5. The lowest BCUT2D eigenvalue weighted by Crippen LogP contribution is -2.39. The van der Waals surface area contributed by atoms with Crippen molar-refractivity contribution in [2.75, 3.05) is 30.7 Å². The van der Waals surface area contributed by atoms with Crippen LogP contribution in [-0.4, -0.2) is 95.9 Å². The van der Waals surface area contributed by atoms with E-state index in [4.69, 9.17) is 15.2 Å². The summed E-state index contributed by atoms with van der Waals surface area (Å²) in [5.74, 6) is -1.96. The number of hydrogen-bond acceptors (Lipinski definition) is 16. The van der Waals surface area contributed by atoms with Gasteiger partial charge in [-0.05, 0) is 26.3 Å². The van der Waals surface area contributed by atoms with Crippen LogP contribution in [0, 0.1) is 0 Å². The zero-order valence-electron chi connectivity index (χ0n) is 28.0. The Morgan fingerprint density at radius 2 is 1.76 bits per heavy atom. The molecule has 5 aromatic rings. The van der Waals surface area contributed by atoms with E-state index in [-0.39, 0.29) is 85.1 Å². The third kappa shape index (κ3) is 6.17. The maximum Gasteiger partial charge on any atom is 0.332 e. The SMILES string of the molecule is CCNC(=O)C1=C(O)[C@@H](O)[C@H](n2cnc3c(N)nc(NCCOc4ncc(CC(=O)c5nc6c(c(=O)n(CC)c(=O)n6CC)n5C)cn4)nc32)O1. The smallest absolute Gasteiger partial charge is 0.332 e. The van der Waals surface area contributed by atoms with Gasteiger partial charge in [0.25, 0.3) is 11.5 Å². The molecule has 6 rings (SSSR count). The molecule has 0 aromatic carbocycles. The van der Waals surface area contributed by atoms with Crippen LogP contribution in [0.25, 0.3) is 22.3 Å². The number of aliphatic hydroxyl groups excluding tert-OH is 2. The molecule has 0 radical (unpaired) electrons. The van der Waals surface area contributed by atoms with Gasteiger partial charge in [-0.25, -0.2) is 24.7 Å². The largest absolute Gasteiger partial charge is 0.506 e. The number of amides is 1. The Balaban J connectivity index is 1.08. The van der Waals surface area contributed by atoms with Crippen molar-refractivity contribution >= 4 is 45.8 Å². The van der Waals surface area contributed by atoms with E-state index in [1.807, 2.05) is 0 Å². The van der Waals surface area contributed by atoms with Crippen molar-refractivity contribution in [3.05, 3.63) is 62.5 Å². The number of aryl methyl sites for hydroxylation is 2. The number of aromatic nitrogens is 10. The first-order valence-corrected chi connectivity index (χ1v) is 16.0. The average molecular weight is 706 g/mol. The van der Waals surface area contributed by atoms with Crippen molar-refractivity contribution in [2.24, 2.45) is 7.05 Å². The number of nitrogen functional groups attached to an aromatic ring is 1. The fourth-order valence-electron chi connectivity index (χ4n) is 5.59. The molecular formula is C30H35N13O8. The molecular weight excluding hydrogens is 670 g/mol. The summed E-state index contributed by atoms with van der Waals surface area (Å²) in [6.45, 7) is 6.16. The van der Waals surface area contributed by atoms with E-state index in [0.29, 0.717) is 5.56 Å². The Hall–Kier alpha value is -6.38. The molecule has 6 heterocycles. The topological polar surface area (TPSA) is 274 Å². The van der Waals surface area contributed by atoms with Gasteiger partial charge in [-0.2, -0.15) is 9.97 Å². The molecule has 2 atom stereocenters. The van der Waals surface area contributed by atoms with Gasteiger partial charge in [-0.15, -0.1) is 0 Å². The molecule has 21 heteroatoms. The fraction of sp³-hybridized carbons (Fsp3) is 0.400. The predicted octanol–water partition coefficient (Wildman–Crippen LogP) is -0.840. The third-order valence-electron chi connectivity index (χ3n) is 8.07. The van der Waals surface area contributed by atoms with E-state index in [0.717, 1.165) is 4.57 Å². The van der Waals surface area contributed by atoms with Crippen molar-refractivity contribution in [3.63, 3.8) is 0 Å². The maximum atomic E-state index is 13.2. The predicted molar refractivity (Wildman–Crippen MR) is 179 cm³/mol. The molecule has 5 aromatic heterocycles. The molecule has 0 spiro atoms. The van der Waals surface area contributed by atoms with Crippen molar-refractivity contribution in [2.45, 2.75) is 52.6 Å². The lowest BCUT2D eigenvalue weighted by Gasteiger charge is -2.17. The first-order valence-electron chi connectivity index (χ1n) is 16.0. The maximum absolute atomic E-state index is 13.2. The number of carbonyl (C=O) groups is 2. The van der Waals surface area contributed by atoms with E-state index < -0.39 is 46.8 Å². The van der Waals surface area contributed by atoms with Crippen molar-refractivity contribution in [1.82, 2.24) is 53.5 Å². The van der Waals surface area contributed by atoms with E-state index >= 15 is 0 Å². The molecule has 0 fully saturated rings. The summed E-state index contributed by atoms with van der Waals surface area (Å²) in [5, 5.41) is 26.3. The van der Waals surface area contributed by atoms with Gasteiger partial charge in [0.05, 0.1) is 6.54 Å². The molecule has 0 bridgehead atoms. The van der Waals surface area contributed by atoms with Crippen LogP contribution in [-0.2, 0) is 36.1 Å². The summed E-state index contributed by atoms with van der Waals surface area (Å²) >= 11 is 0. The lowest BCUT2D eigenvalue weighted by atomic mass is 10.1. The van der Waals surface area contributed by atoms with Gasteiger partial charge in [-0.1, -0.05) is 0 Å². The highest BCUT2D eigenvalue weighted by molar-refractivity contribution is 5.97. The second kappa shape index (κ2) is 13.9. The highest BCUT2D eigenvalue weighted by Gasteiger charge is 2.41.